The Kier molecular flexibility index (Phi) is 4.59. The second kappa shape index (κ2) is 7.03. The number of para-hydroxylation sites is 1. The van der Waals surface area contributed by atoms with E-state index in [9.17, 15) is 4.79 Å². The Bertz CT molecular complexity index is 815. The molecule has 0 amide bonds. The number of hydrogen-bond acceptors (Lipinski definition) is 6. The molecule has 0 radical (unpaired) electrons. The SMILES string of the molecule is COc1ccccc1C1CC(=O)c2cnc(N3CCN(C)CC3)nc2C1. The van der Waals surface area contributed by atoms with Crippen LogP contribution in [0.1, 0.15) is 34.0 Å². The van der Waals surface area contributed by atoms with E-state index in [0.717, 1.165) is 55.6 Å². The van der Waals surface area contributed by atoms with Crippen LogP contribution in [0.2, 0.25) is 0 Å². The van der Waals surface area contributed by atoms with Gasteiger partial charge >= 0.3 is 0 Å². The van der Waals surface area contributed by atoms with Gasteiger partial charge in [0.15, 0.2) is 5.78 Å². The summed E-state index contributed by atoms with van der Waals surface area (Å²) in [5, 5.41) is 0. The fraction of sp³-hybridized carbons (Fsp3) is 0.450. The van der Waals surface area contributed by atoms with Crippen molar-refractivity contribution in [2.75, 3.05) is 45.2 Å². The molecule has 0 bridgehead atoms. The minimum Gasteiger partial charge on any atom is -0.496 e. The van der Waals surface area contributed by atoms with Gasteiger partial charge in [-0.25, -0.2) is 9.97 Å². The van der Waals surface area contributed by atoms with Crippen LogP contribution < -0.4 is 9.64 Å². The summed E-state index contributed by atoms with van der Waals surface area (Å²) in [4.78, 5) is 26.4. The molecule has 0 saturated carbocycles. The number of carbonyl (C=O) groups is 1. The molecule has 0 spiro atoms. The van der Waals surface area contributed by atoms with Crippen LogP contribution >= 0.6 is 0 Å². The number of rotatable bonds is 3. The molecule has 2 aliphatic rings. The highest BCUT2D eigenvalue weighted by molar-refractivity contribution is 5.98. The lowest BCUT2D eigenvalue weighted by molar-refractivity contribution is 0.0962. The highest BCUT2D eigenvalue weighted by atomic mass is 16.5. The summed E-state index contributed by atoms with van der Waals surface area (Å²) in [6.45, 7) is 3.84. The Morgan fingerprint density at radius 3 is 2.65 bits per heavy atom. The van der Waals surface area contributed by atoms with Gasteiger partial charge in [-0.2, -0.15) is 0 Å². The number of hydrogen-bond donors (Lipinski definition) is 0. The van der Waals surface area contributed by atoms with Crippen molar-refractivity contribution < 1.29 is 9.53 Å². The normalized spacial score (nSPS) is 20.8. The summed E-state index contributed by atoms with van der Waals surface area (Å²) >= 11 is 0. The maximum Gasteiger partial charge on any atom is 0.225 e. The van der Waals surface area contributed by atoms with Crippen molar-refractivity contribution in [2.24, 2.45) is 0 Å². The predicted molar refractivity (Wildman–Crippen MR) is 100 cm³/mol. The number of Topliss-reactive ketones (excluding diaryl/α,β-unsaturated/α-hetero) is 1. The first-order valence-corrected chi connectivity index (χ1v) is 9.11. The van der Waals surface area contributed by atoms with Crippen molar-refractivity contribution in [3.05, 3.63) is 47.3 Å². The van der Waals surface area contributed by atoms with Gasteiger partial charge in [0.05, 0.1) is 18.4 Å². The van der Waals surface area contributed by atoms with Gasteiger partial charge in [0.25, 0.3) is 0 Å². The number of nitrogens with zero attached hydrogens (tertiary/aromatic N) is 4. The summed E-state index contributed by atoms with van der Waals surface area (Å²) in [5.41, 5.74) is 2.61. The molecule has 1 aliphatic heterocycles. The van der Waals surface area contributed by atoms with E-state index < -0.39 is 0 Å². The first-order chi connectivity index (χ1) is 12.7. The zero-order valence-electron chi connectivity index (χ0n) is 15.3. The van der Waals surface area contributed by atoms with Crippen molar-refractivity contribution >= 4 is 11.7 Å². The van der Waals surface area contributed by atoms with Gasteiger partial charge in [0, 0.05) is 44.7 Å². The molecule has 2 aromatic rings. The zero-order valence-corrected chi connectivity index (χ0v) is 15.3. The van der Waals surface area contributed by atoms with Gasteiger partial charge in [0.1, 0.15) is 5.75 Å². The molecule has 26 heavy (non-hydrogen) atoms. The number of carbonyl (C=O) groups excluding carboxylic acids is 1. The van der Waals surface area contributed by atoms with E-state index in [1.54, 1.807) is 13.3 Å². The third-order valence-corrected chi connectivity index (χ3v) is 5.39. The van der Waals surface area contributed by atoms with Crippen LogP contribution in [0.25, 0.3) is 0 Å². The molecule has 136 valence electrons. The molecule has 1 fully saturated rings. The van der Waals surface area contributed by atoms with Crippen LogP contribution in [0, 0.1) is 0 Å². The smallest absolute Gasteiger partial charge is 0.225 e. The summed E-state index contributed by atoms with van der Waals surface area (Å²) in [6, 6.07) is 7.94. The minimum atomic E-state index is 0.0985. The number of ether oxygens (including phenoxy) is 1. The number of piperazine rings is 1. The fourth-order valence-electron chi connectivity index (χ4n) is 3.82. The predicted octanol–water partition coefficient (Wildman–Crippen LogP) is 2.15. The second-order valence-electron chi connectivity index (χ2n) is 7.09. The Morgan fingerprint density at radius 1 is 1.12 bits per heavy atom. The molecule has 1 aromatic heterocycles. The van der Waals surface area contributed by atoms with E-state index in [0.29, 0.717) is 12.0 Å². The van der Waals surface area contributed by atoms with E-state index in [1.165, 1.54) is 0 Å². The summed E-state index contributed by atoms with van der Waals surface area (Å²) in [6.07, 6.45) is 2.94. The molecule has 1 aliphatic carbocycles. The topological polar surface area (TPSA) is 58.6 Å². The van der Waals surface area contributed by atoms with Gasteiger partial charge in [-0.3, -0.25) is 4.79 Å². The number of anilines is 1. The molecule has 1 aromatic carbocycles. The summed E-state index contributed by atoms with van der Waals surface area (Å²) in [5.74, 6) is 1.79. The van der Waals surface area contributed by atoms with Crippen molar-refractivity contribution in [1.29, 1.82) is 0 Å². The van der Waals surface area contributed by atoms with Crippen LogP contribution in [0.4, 0.5) is 5.95 Å². The highest BCUT2D eigenvalue weighted by Gasteiger charge is 2.30. The van der Waals surface area contributed by atoms with E-state index >= 15 is 0 Å². The first kappa shape index (κ1) is 17.0. The van der Waals surface area contributed by atoms with E-state index in [-0.39, 0.29) is 11.7 Å². The number of aromatic nitrogens is 2. The zero-order chi connectivity index (χ0) is 18.1. The molecule has 1 saturated heterocycles. The number of likely N-dealkylation sites (N-methyl/N-ethyl adjacent to an activating group) is 1. The molecule has 1 atom stereocenters. The van der Waals surface area contributed by atoms with E-state index in [1.807, 2.05) is 24.3 Å². The average Bonchev–Trinajstić information content (AvgIpc) is 2.68. The minimum absolute atomic E-state index is 0.0985. The average molecular weight is 352 g/mol. The monoisotopic (exact) mass is 352 g/mol. The number of benzene rings is 1. The lowest BCUT2D eigenvalue weighted by atomic mass is 9.82. The first-order valence-electron chi connectivity index (χ1n) is 9.11. The number of ketones is 1. The molecule has 1 unspecified atom stereocenters. The highest BCUT2D eigenvalue weighted by Crippen LogP contribution is 2.36. The standard InChI is InChI=1S/C20H24N4O2/c1-23-7-9-24(10-8-23)20-21-13-16-17(22-20)11-14(12-18(16)25)15-5-3-4-6-19(15)26-2/h3-6,13-14H,7-12H2,1-2H3. The fourth-order valence-corrected chi connectivity index (χ4v) is 3.82. The van der Waals surface area contributed by atoms with Crippen LogP contribution in [0.3, 0.4) is 0 Å². The van der Waals surface area contributed by atoms with Crippen molar-refractivity contribution in [3.8, 4) is 5.75 Å². The third kappa shape index (κ3) is 3.17. The summed E-state index contributed by atoms with van der Waals surface area (Å²) in [7, 11) is 3.80. The van der Waals surface area contributed by atoms with Gasteiger partial charge < -0.3 is 14.5 Å². The van der Waals surface area contributed by atoms with Crippen LogP contribution in [-0.2, 0) is 6.42 Å². The third-order valence-electron chi connectivity index (χ3n) is 5.39. The van der Waals surface area contributed by atoms with E-state index in [4.69, 9.17) is 9.72 Å². The lowest BCUT2D eigenvalue weighted by Crippen LogP contribution is -2.45. The Balaban J connectivity index is 1.62. The maximum atomic E-state index is 12.7. The molecular formula is C20H24N4O2. The Labute approximate surface area is 153 Å². The lowest BCUT2D eigenvalue weighted by Gasteiger charge is -2.33. The second-order valence-corrected chi connectivity index (χ2v) is 7.09. The van der Waals surface area contributed by atoms with Gasteiger partial charge in [-0.05, 0) is 25.1 Å². The Hall–Kier alpha value is -2.47. The van der Waals surface area contributed by atoms with Gasteiger partial charge in [-0.1, -0.05) is 18.2 Å². The maximum absolute atomic E-state index is 12.7. The van der Waals surface area contributed by atoms with Crippen LogP contribution in [-0.4, -0.2) is 61.0 Å². The van der Waals surface area contributed by atoms with Crippen molar-refractivity contribution in [2.45, 2.75) is 18.8 Å². The largest absolute Gasteiger partial charge is 0.496 e. The number of methoxy groups -OCH3 is 1. The van der Waals surface area contributed by atoms with Gasteiger partial charge in [-0.15, -0.1) is 0 Å². The van der Waals surface area contributed by atoms with Crippen LogP contribution in [0.15, 0.2) is 30.5 Å². The molecule has 4 rings (SSSR count). The molecule has 6 heteroatoms. The van der Waals surface area contributed by atoms with Crippen molar-refractivity contribution in [3.63, 3.8) is 0 Å². The van der Waals surface area contributed by atoms with Crippen LogP contribution in [0.5, 0.6) is 5.75 Å². The summed E-state index contributed by atoms with van der Waals surface area (Å²) < 4.78 is 5.49. The van der Waals surface area contributed by atoms with Crippen molar-refractivity contribution in [1.82, 2.24) is 14.9 Å². The Morgan fingerprint density at radius 2 is 1.88 bits per heavy atom. The quantitative estimate of drug-likeness (QED) is 0.844. The molecule has 0 N–H and O–H groups in total. The molecular weight excluding hydrogens is 328 g/mol. The molecule has 6 nitrogen and oxygen atoms in total. The van der Waals surface area contributed by atoms with E-state index in [2.05, 4.69) is 21.8 Å². The number of fused-ring (bicyclic) bond motifs is 1. The van der Waals surface area contributed by atoms with Gasteiger partial charge in [0.2, 0.25) is 5.95 Å². The molecule has 2 heterocycles.